The second kappa shape index (κ2) is 8.30. The van der Waals surface area contributed by atoms with Gasteiger partial charge >= 0.3 is 0 Å². The summed E-state index contributed by atoms with van der Waals surface area (Å²) in [5, 5.41) is 12.9. The summed E-state index contributed by atoms with van der Waals surface area (Å²) in [5.74, 6) is 0. The predicted molar refractivity (Wildman–Crippen MR) is 165 cm³/mol. The molecule has 0 amide bonds. The molecule has 0 unspecified atom stereocenters. The molecule has 0 atom stereocenters. The van der Waals surface area contributed by atoms with E-state index in [1.807, 2.05) is 0 Å². The summed E-state index contributed by atoms with van der Waals surface area (Å²) in [6.45, 7) is 0. The zero-order chi connectivity index (χ0) is 25.1. The van der Waals surface area contributed by atoms with Gasteiger partial charge in [0.05, 0.1) is 0 Å². The average molecular weight is 481 g/mol. The fourth-order valence-electron chi connectivity index (χ4n) is 6.26. The summed E-state index contributed by atoms with van der Waals surface area (Å²) in [6, 6.07) is 53.4. The first-order chi connectivity index (χ1) is 18.8. The van der Waals surface area contributed by atoms with Crippen molar-refractivity contribution in [3.63, 3.8) is 0 Å². The van der Waals surface area contributed by atoms with Crippen LogP contribution in [0.25, 0.3) is 76.1 Å². The van der Waals surface area contributed by atoms with E-state index >= 15 is 0 Å². The van der Waals surface area contributed by atoms with Gasteiger partial charge in [-0.2, -0.15) is 0 Å². The lowest BCUT2D eigenvalue weighted by molar-refractivity contribution is 1.65. The molecule has 0 bridgehead atoms. The van der Waals surface area contributed by atoms with E-state index in [-0.39, 0.29) is 0 Å². The lowest BCUT2D eigenvalue weighted by atomic mass is 9.88. The van der Waals surface area contributed by atoms with Gasteiger partial charge in [0.2, 0.25) is 0 Å². The van der Waals surface area contributed by atoms with Gasteiger partial charge in [-0.25, -0.2) is 0 Å². The number of fused-ring (bicyclic) bond motifs is 6. The smallest absolute Gasteiger partial charge is 0.00266 e. The molecule has 0 saturated heterocycles. The first kappa shape index (κ1) is 21.2. The molecule has 0 saturated carbocycles. The molecule has 0 aliphatic carbocycles. The minimum absolute atomic E-state index is 1.25. The topological polar surface area (TPSA) is 0 Å². The lowest BCUT2D eigenvalue weighted by Gasteiger charge is -2.15. The third-order valence-corrected chi connectivity index (χ3v) is 8.00. The Balaban J connectivity index is 1.40. The van der Waals surface area contributed by atoms with Gasteiger partial charge in [0.25, 0.3) is 0 Å². The third-order valence-electron chi connectivity index (χ3n) is 8.00. The Labute approximate surface area is 221 Å². The molecule has 0 aliphatic heterocycles. The third kappa shape index (κ3) is 3.17. The Bertz CT molecular complexity index is 2110. The van der Waals surface area contributed by atoms with E-state index in [9.17, 15) is 0 Å². The quantitative estimate of drug-likeness (QED) is 0.170. The molecule has 0 aliphatic rings. The summed E-state index contributed by atoms with van der Waals surface area (Å²) in [4.78, 5) is 0. The number of hydrogen-bond donors (Lipinski definition) is 0. The van der Waals surface area contributed by atoms with Crippen molar-refractivity contribution < 1.29 is 0 Å². The van der Waals surface area contributed by atoms with Crippen LogP contribution in [0.1, 0.15) is 0 Å². The van der Waals surface area contributed by atoms with Gasteiger partial charge < -0.3 is 0 Å². The average Bonchev–Trinajstić information content (AvgIpc) is 2.99. The number of rotatable bonds is 2. The molecule has 0 nitrogen and oxygen atoms in total. The van der Waals surface area contributed by atoms with Gasteiger partial charge in [0, 0.05) is 0 Å². The van der Waals surface area contributed by atoms with Crippen LogP contribution in [0, 0.1) is 0 Å². The van der Waals surface area contributed by atoms with Crippen molar-refractivity contribution >= 4 is 53.9 Å². The predicted octanol–water partition coefficient (Wildman–Crippen LogP) is 10.8. The van der Waals surface area contributed by atoms with E-state index in [1.165, 1.54) is 76.1 Å². The Hall–Kier alpha value is -4.94. The second-order valence-corrected chi connectivity index (χ2v) is 10.1. The van der Waals surface area contributed by atoms with E-state index in [0.29, 0.717) is 0 Å². The van der Waals surface area contributed by atoms with Gasteiger partial charge in [-0.15, -0.1) is 0 Å². The van der Waals surface area contributed by atoms with E-state index in [4.69, 9.17) is 0 Å². The first-order valence-electron chi connectivity index (χ1n) is 13.2. The van der Waals surface area contributed by atoms with Crippen molar-refractivity contribution in [2.75, 3.05) is 0 Å². The summed E-state index contributed by atoms with van der Waals surface area (Å²) in [7, 11) is 0. The fraction of sp³-hybridized carbons (Fsp3) is 0. The van der Waals surface area contributed by atoms with Crippen LogP contribution in [0.2, 0.25) is 0 Å². The Morgan fingerprint density at radius 2 is 0.658 bits per heavy atom. The molecule has 0 heterocycles. The van der Waals surface area contributed by atoms with Crippen LogP contribution in [-0.2, 0) is 0 Å². The first-order valence-corrected chi connectivity index (χ1v) is 13.2. The van der Waals surface area contributed by atoms with Crippen molar-refractivity contribution in [2.24, 2.45) is 0 Å². The van der Waals surface area contributed by atoms with Gasteiger partial charge in [0.15, 0.2) is 0 Å². The second-order valence-electron chi connectivity index (χ2n) is 10.1. The molecule has 0 spiro atoms. The fourth-order valence-corrected chi connectivity index (χ4v) is 6.26. The molecule has 0 heteroatoms. The highest BCUT2D eigenvalue weighted by molar-refractivity contribution is 6.20. The van der Waals surface area contributed by atoms with Crippen LogP contribution >= 0.6 is 0 Å². The molecule has 0 radical (unpaired) electrons. The van der Waals surface area contributed by atoms with Crippen molar-refractivity contribution in [3.8, 4) is 22.3 Å². The van der Waals surface area contributed by atoms with Crippen molar-refractivity contribution in [3.05, 3.63) is 146 Å². The van der Waals surface area contributed by atoms with Gasteiger partial charge in [-0.3, -0.25) is 0 Å². The zero-order valence-corrected chi connectivity index (χ0v) is 20.9. The van der Waals surface area contributed by atoms with Crippen LogP contribution in [-0.4, -0.2) is 0 Å². The van der Waals surface area contributed by atoms with E-state index in [2.05, 4.69) is 146 Å². The van der Waals surface area contributed by atoms with Crippen LogP contribution in [0.5, 0.6) is 0 Å². The van der Waals surface area contributed by atoms with Gasteiger partial charge in [0.1, 0.15) is 0 Å². The van der Waals surface area contributed by atoms with Crippen LogP contribution in [0.4, 0.5) is 0 Å². The molecule has 0 aromatic heterocycles. The van der Waals surface area contributed by atoms with Crippen LogP contribution in [0.15, 0.2) is 146 Å². The maximum Gasteiger partial charge on any atom is -0.00266 e. The number of hydrogen-bond acceptors (Lipinski definition) is 0. The van der Waals surface area contributed by atoms with Crippen molar-refractivity contribution in [1.82, 2.24) is 0 Å². The minimum atomic E-state index is 1.25. The SMILES string of the molecule is c1ccc2c(-c3ccc(-c4c5ccccc5cc5c4ccc4ccccc45)cc3)c3ccccc3cc2c1. The molecule has 0 fully saturated rings. The molecular weight excluding hydrogens is 456 g/mol. The van der Waals surface area contributed by atoms with Gasteiger partial charge in [-0.05, 0) is 88.2 Å². The highest BCUT2D eigenvalue weighted by atomic mass is 14.2. The van der Waals surface area contributed by atoms with E-state index in [1.54, 1.807) is 0 Å². The lowest BCUT2D eigenvalue weighted by Crippen LogP contribution is -1.88. The highest BCUT2D eigenvalue weighted by Gasteiger charge is 2.14. The molecular formula is C38H24. The van der Waals surface area contributed by atoms with Gasteiger partial charge in [-0.1, -0.05) is 133 Å². The Morgan fingerprint density at radius 3 is 1.21 bits per heavy atom. The zero-order valence-electron chi connectivity index (χ0n) is 20.9. The minimum Gasteiger partial charge on any atom is -0.0616 e. The number of benzene rings is 8. The van der Waals surface area contributed by atoms with Crippen molar-refractivity contribution in [1.29, 1.82) is 0 Å². The largest absolute Gasteiger partial charge is 0.0616 e. The summed E-state index contributed by atoms with van der Waals surface area (Å²) < 4.78 is 0. The van der Waals surface area contributed by atoms with Crippen molar-refractivity contribution in [2.45, 2.75) is 0 Å². The van der Waals surface area contributed by atoms with E-state index < -0.39 is 0 Å². The summed E-state index contributed by atoms with van der Waals surface area (Å²) >= 11 is 0. The molecule has 8 aromatic carbocycles. The summed E-state index contributed by atoms with van der Waals surface area (Å²) in [5.41, 5.74) is 5.10. The molecule has 176 valence electrons. The van der Waals surface area contributed by atoms with Crippen LogP contribution < -0.4 is 0 Å². The monoisotopic (exact) mass is 480 g/mol. The maximum absolute atomic E-state index is 2.35. The Kier molecular flexibility index (Phi) is 4.62. The normalized spacial score (nSPS) is 11.7. The molecule has 8 rings (SSSR count). The van der Waals surface area contributed by atoms with Crippen LogP contribution in [0.3, 0.4) is 0 Å². The standard InChI is InChI=1S/C38H24/c1-5-13-31-25(9-1)21-22-35-36(31)24-30-12-4-8-16-34(30)38(35)27-19-17-26(18-20-27)37-32-14-6-2-10-28(32)23-29-11-3-7-15-33(29)37/h1-24H. The Morgan fingerprint density at radius 1 is 0.237 bits per heavy atom. The molecule has 8 aromatic rings. The molecule has 38 heavy (non-hydrogen) atoms. The molecule has 0 N–H and O–H groups in total. The highest BCUT2D eigenvalue weighted by Crippen LogP contribution is 2.41. The van der Waals surface area contributed by atoms with E-state index in [0.717, 1.165) is 0 Å². The summed E-state index contributed by atoms with van der Waals surface area (Å²) in [6.07, 6.45) is 0. The maximum atomic E-state index is 2.35.